The van der Waals surface area contributed by atoms with Crippen molar-refractivity contribution in [2.75, 3.05) is 38.7 Å². The van der Waals surface area contributed by atoms with Crippen LogP contribution in [0.25, 0.3) is 0 Å². The van der Waals surface area contributed by atoms with Crippen molar-refractivity contribution < 1.29 is 8.42 Å². The second-order valence-electron chi connectivity index (χ2n) is 4.63. The second kappa shape index (κ2) is 3.47. The van der Waals surface area contributed by atoms with Crippen molar-refractivity contribution in [2.24, 2.45) is 11.8 Å². The van der Waals surface area contributed by atoms with E-state index in [1.54, 1.807) is 0 Å². The summed E-state index contributed by atoms with van der Waals surface area (Å²) in [4.78, 5) is 2.25. The van der Waals surface area contributed by atoms with Crippen LogP contribution in [0.2, 0.25) is 0 Å². The van der Waals surface area contributed by atoms with Gasteiger partial charge in [-0.25, -0.2) is 8.42 Å². The lowest BCUT2D eigenvalue weighted by atomic mass is 9.85. The van der Waals surface area contributed by atoms with Gasteiger partial charge >= 0.3 is 0 Å². The fourth-order valence-electron chi connectivity index (χ4n) is 2.99. The van der Waals surface area contributed by atoms with Crippen molar-refractivity contribution >= 4 is 9.84 Å². The number of nitrogens with one attached hydrogen (secondary N) is 1. The van der Waals surface area contributed by atoms with Gasteiger partial charge in [0.1, 0.15) is 0 Å². The first-order valence-electron chi connectivity index (χ1n) is 5.08. The van der Waals surface area contributed by atoms with Crippen molar-refractivity contribution in [3.05, 3.63) is 0 Å². The zero-order valence-electron chi connectivity index (χ0n) is 8.73. The molecule has 2 bridgehead atoms. The second-order valence-corrected chi connectivity index (χ2v) is 6.79. The molecule has 2 aliphatic heterocycles. The number of piperidine rings is 1. The van der Waals surface area contributed by atoms with Crippen LogP contribution in [0.3, 0.4) is 0 Å². The third-order valence-corrected chi connectivity index (χ3v) is 5.25. The number of rotatable bonds is 1. The van der Waals surface area contributed by atoms with Crippen LogP contribution in [-0.4, -0.2) is 58.1 Å². The molecule has 0 aromatic heterocycles. The van der Waals surface area contributed by atoms with Crippen LogP contribution in [0.4, 0.5) is 0 Å². The molecule has 0 amide bonds. The minimum absolute atomic E-state index is 0.280. The molecule has 14 heavy (non-hydrogen) atoms. The summed E-state index contributed by atoms with van der Waals surface area (Å²) >= 11 is 0. The van der Waals surface area contributed by atoms with E-state index in [0.717, 1.165) is 13.1 Å². The highest BCUT2D eigenvalue weighted by molar-refractivity contribution is 7.91. The molecule has 5 heteroatoms. The van der Waals surface area contributed by atoms with Gasteiger partial charge in [0.15, 0.2) is 9.84 Å². The fraction of sp³-hybridized carbons (Fsp3) is 1.00. The zero-order valence-corrected chi connectivity index (χ0v) is 9.55. The molecule has 2 heterocycles. The summed E-state index contributed by atoms with van der Waals surface area (Å²) in [5, 5.41) is 3.27. The van der Waals surface area contributed by atoms with Gasteiger partial charge in [-0.15, -0.1) is 0 Å². The Kier molecular flexibility index (Phi) is 2.57. The minimum atomic E-state index is -2.78. The van der Waals surface area contributed by atoms with Crippen molar-refractivity contribution in [1.82, 2.24) is 10.2 Å². The lowest BCUT2D eigenvalue weighted by Gasteiger charge is -2.45. The normalized spacial score (nSPS) is 42.3. The quantitative estimate of drug-likeness (QED) is 0.625. The molecule has 4 nitrogen and oxygen atoms in total. The van der Waals surface area contributed by atoms with Gasteiger partial charge in [-0.2, -0.15) is 0 Å². The molecule has 2 saturated heterocycles. The summed E-state index contributed by atoms with van der Waals surface area (Å²) in [6.45, 7) is 1.81. The van der Waals surface area contributed by atoms with E-state index in [9.17, 15) is 8.42 Å². The Bertz CT molecular complexity index is 293. The van der Waals surface area contributed by atoms with Crippen LogP contribution in [-0.2, 0) is 9.84 Å². The first-order chi connectivity index (χ1) is 6.52. The molecule has 2 rings (SSSR count). The number of nitrogens with zero attached hydrogens (tertiary/aromatic N) is 1. The Balaban J connectivity index is 2.22. The topological polar surface area (TPSA) is 49.4 Å². The lowest BCUT2D eigenvalue weighted by Crippen LogP contribution is -2.60. The van der Waals surface area contributed by atoms with E-state index in [2.05, 4.69) is 17.3 Å². The molecular weight excluding hydrogens is 200 g/mol. The van der Waals surface area contributed by atoms with Crippen LogP contribution >= 0.6 is 0 Å². The summed E-state index contributed by atoms with van der Waals surface area (Å²) in [5.41, 5.74) is 0. The maximum absolute atomic E-state index is 11.6. The van der Waals surface area contributed by atoms with Crippen LogP contribution in [0, 0.1) is 11.8 Å². The molecule has 0 aromatic rings. The molecule has 2 atom stereocenters. The Labute approximate surface area is 85.6 Å². The van der Waals surface area contributed by atoms with Crippen LogP contribution in [0.15, 0.2) is 0 Å². The molecule has 1 N–H and O–H groups in total. The average molecular weight is 218 g/mol. The smallest absolute Gasteiger partial charge is 0.151 e. The summed E-state index contributed by atoms with van der Waals surface area (Å²) in [6, 6.07) is 0.398. The Morgan fingerprint density at radius 3 is 2.14 bits per heavy atom. The molecule has 2 unspecified atom stereocenters. The maximum atomic E-state index is 11.6. The van der Waals surface area contributed by atoms with E-state index in [1.807, 2.05) is 7.05 Å². The van der Waals surface area contributed by atoms with E-state index < -0.39 is 9.84 Å². The Hall–Kier alpha value is -0.130. The summed E-state index contributed by atoms with van der Waals surface area (Å²) in [5.74, 6) is 1.28. The third-order valence-electron chi connectivity index (χ3n) is 3.38. The van der Waals surface area contributed by atoms with E-state index >= 15 is 0 Å². The highest BCUT2D eigenvalue weighted by Crippen LogP contribution is 2.29. The zero-order chi connectivity index (χ0) is 10.3. The van der Waals surface area contributed by atoms with Crippen molar-refractivity contribution in [3.8, 4) is 0 Å². The summed E-state index contributed by atoms with van der Waals surface area (Å²) in [7, 11) is 1.24. The van der Waals surface area contributed by atoms with Gasteiger partial charge < -0.3 is 10.2 Å². The molecule has 0 radical (unpaired) electrons. The number of hydrogen-bond acceptors (Lipinski definition) is 4. The van der Waals surface area contributed by atoms with E-state index in [0.29, 0.717) is 17.5 Å². The number of likely N-dealkylation sites (tertiary alicyclic amines) is 1. The molecule has 0 aromatic carbocycles. The predicted molar refractivity (Wildman–Crippen MR) is 56.0 cm³/mol. The summed E-state index contributed by atoms with van der Waals surface area (Å²) < 4.78 is 23.2. The molecule has 0 saturated carbocycles. The Morgan fingerprint density at radius 1 is 1.21 bits per heavy atom. The number of fused-ring (bicyclic) bond motifs is 2. The van der Waals surface area contributed by atoms with Gasteiger partial charge in [-0.3, -0.25) is 0 Å². The molecule has 2 aliphatic rings. The molecule has 0 spiro atoms. The predicted octanol–water partition coefficient (Wildman–Crippen LogP) is -0.819. The SMILES string of the molecule is CNC1C2CN(C)CC1CS(=O)(=O)C2. The van der Waals surface area contributed by atoms with E-state index in [4.69, 9.17) is 0 Å². The van der Waals surface area contributed by atoms with Gasteiger partial charge in [-0.05, 0) is 14.1 Å². The highest BCUT2D eigenvalue weighted by Gasteiger charge is 2.43. The van der Waals surface area contributed by atoms with Crippen LogP contribution < -0.4 is 5.32 Å². The molecule has 2 fully saturated rings. The first-order valence-corrected chi connectivity index (χ1v) is 6.90. The van der Waals surface area contributed by atoms with Crippen molar-refractivity contribution in [2.45, 2.75) is 6.04 Å². The van der Waals surface area contributed by atoms with Crippen molar-refractivity contribution in [1.29, 1.82) is 0 Å². The monoisotopic (exact) mass is 218 g/mol. The number of hydrogen-bond donors (Lipinski definition) is 1. The first kappa shape index (κ1) is 10.4. The van der Waals surface area contributed by atoms with Gasteiger partial charge in [0.25, 0.3) is 0 Å². The molecular formula is C9H18N2O2S. The lowest BCUT2D eigenvalue weighted by molar-refractivity contribution is 0.122. The number of sulfone groups is 1. The maximum Gasteiger partial charge on any atom is 0.151 e. The highest BCUT2D eigenvalue weighted by atomic mass is 32.2. The van der Waals surface area contributed by atoms with Gasteiger partial charge in [0, 0.05) is 31.0 Å². The largest absolute Gasteiger partial charge is 0.316 e. The molecule has 82 valence electrons. The van der Waals surface area contributed by atoms with E-state index in [-0.39, 0.29) is 11.8 Å². The fourth-order valence-corrected chi connectivity index (χ4v) is 5.06. The van der Waals surface area contributed by atoms with Gasteiger partial charge in [0.2, 0.25) is 0 Å². The van der Waals surface area contributed by atoms with Crippen molar-refractivity contribution in [3.63, 3.8) is 0 Å². The standard InChI is InChI=1S/C9H18N2O2S/c1-10-9-7-3-11(2)4-8(9)6-14(12,13)5-7/h7-10H,3-6H2,1-2H3. The molecule has 0 aliphatic carbocycles. The van der Waals surface area contributed by atoms with Gasteiger partial charge in [0.05, 0.1) is 11.5 Å². The van der Waals surface area contributed by atoms with Crippen LogP contribution in [0.5, 0.6) is 0 Å². The minimum Gasteiger partial charge on any atom is -0.316 e. The van der Waals surface area contributed by atoms with Crippen LogP contribution in [0.1, 0.15) is 0 Å². The average Bonchev–Trinajstić information content (AvgIpc) is 1.99. The van der Waals surface area contributed by atoms with Gasteiger partial charge in [-0.1, -0.05) is 0 Å². The van der Waals surface area contributed by atoms with E-state index in [1.165, 1.54) is 0 Å². The Morgan fingerprint density at radius 2 is 1.71 bits per heavy atom. The summed E-state index contributed by atoms with van der Waals surface area (Å²) in [6.07, 6.45) is 0. The third kappa shape index (κ3) is 1.81.